The molecule has 7 aromatic rings. The summed E-state index contributed by atoms with van der Waals surface area (Å²) in [5, 5.41) is 2.18. The van der Waals surface area contributed by atoms with Gasteiger partial charge in [-0.15, -0.1) is 16.7 Å². The zero-order valence-electron chi connectivity index (χ0n) is 33.3. The van der Waals surface area contributed by atoms with Gasteiger partial charge < -0.3 is 20.0 Å². The fourth-order valence-corrected chi connectivity index (χ4v) is 6.77. The summed E-state index contributed by atoms with van der Waals surface area (Å²) < 4.78 is 0. The Morgan fingerprint density at radius 2 is 1.13 bits per heavy atom. The van der Waals surface area contributed by atoms with Crippen LogP contribution in [0.1, 0.15) is 101 Å². The van der Waals surface area contributed by atoms with Crippen molar-refractivity contribution in [2.24, 2.45) is 9.98 Å². The molecule has 0 N–H and O–H groups in total. The van der Waals surface area contributed by atoms with Crippen molar-refractivity contribution in [2.75, 3.05) is 0 Å². The summed E-state index contributed by atoms with van der Waals surface area (Å²) in [5.41, 5.74) is 11.5. The van der Waals surface area contributed by atoms with E-state index in [-0.39, 0.29) is 19.5 Å². The quantitative estimate of drug-likeness (QED) is 0.114. The van der Waals surface area contributed by atoms with Crippen LogP contribution in [0.15, 0.2) is 138 Å². The molecule has 0 saturated heterocycles. The van der Waals surface area contributed by atoms with Crippen LogP contribution in [-0.4, -0.2) is 9.97 Å². The third kappa shape index (κ3) is 9.90. The molecule has 0 amide bonds. The van der Waals surface area contributed by atoms with E-state index in [0.717, 1.165) is 21.9 Å². The first kappa shape index (κ1) is 40.9. The monoisotopic (exact) mass is 773 g/mol. The Morgan fingerprint density at radius 3 is 1.78 bits per heavy atom. The van der Waals surface area contributed by atoms with Gasteiger partial charge in [0.1, 0.15) is 0 Å². The Hall–Kier alpha value is -5.26. The molecule has 0 atom stereocenters. The molecule has 4 heterocycles. The number of aromatic nitrogens is 4. The van der Waals surface area contributed by atoms with Gasteiger partial charge in [-0.3, -0.25) is 9.97 Å². The first-order chi connectivity index (χ1) is 26.1. The van der Waals surface area contributed by atoms with Gasteiger partial charge in [0, 0.05) is 17.8 Å². The maximum absolute atomic E-state index is 4.88. The summed E-state index contributed by atoms with van der Waals surface area (Å²) in [6, 6.07) is 38.3. The van der Waals surface area contributed by atoms with E-state index < -0.39 is 0 Å². The van der Waals surface area contributed by atoms with Crippen molar-refractivity contribution in [1.29, 1.82) is 0 Å². The van der Waals surface area contributed by atoms with Crippen LogP contribution >= 0.6 is 0 Å². The summed E-state index contributed by atoms with van der Waals surface area (Å²) in [6.45, 7) is 18.0. The second-order valence-corrected chi connectivity index (χ2v) is 14.7. The minimum Gasteiger partial charge on any atom is -0.443 e. The average Bonchev–Trinajstić information content (AvgIpc) is 3.18. The number of pyridine rings is 4. The van der Waals surface area contributed by atoms with Gasteiger partial charge in [-0.2, -0.15) is 18.2 Å². The third-order valence-corrected chi connectivity index (χ3v) is 9.49. The molecule has 0 bridgehead atoms. The van der Waals surface area contributed by atoms with Gasteiger partial charge in [0.2, 0.25) is 0 Å². The molecule has 55 heavy (non-hydrogen) atoms. The Balaban J connectivity index is 0.000000268. The van der Waals surface area contributed by atoms with E-state index in [1.807, 2.05) is 54.9 Å². The van der Waals surface area contributed by atoms with Crippen molar-refractivity contribution in [3.05, 3.63) is 167 Å². The van der Waals surface area contributed by atoms with Gasteiger partial charge in [-0.25, -0.2) is 0 Å². The molecule has 4 aromatic heterocycles. The van der Waals surface area contributed by atoms with Crippen molar-refractivity contribution in [3.8, 4) is 22.3 Å². The largest absolute Gasteiger partial charge is 2.00 e. The van der Waals surface area contributed by atoms with Crippen LogP contribution in [0.25, 0.3) is 33.0 Å². The molecule has 6 nitrogen and oxygen atoms in total. The summed E-state index contributed by atoms with van der Waals surface area (Å²) in [5.74, 6) is 3.02. The van der Waals surface area contributed by atoms with Gasteiger partial charge >= 0.3 is 19.5 Å². The van der Waals surface area contributed by atoms with Crippen LogP contribution < -0.4 is 20.9 Å². The molecule has 7 rings (SSSR count). The molecule has 0 aliphatic heterocycles. The van der Waals surface area contributed by atoms with E-state index >= 15 is 0 Å². The fraction of sp³-hybridized carbons (Fsp3) is 0.250. The zero-order valence-corrected chi connectivity index (χ0v) is 36.3. The van der Waals surface area contributed by atoms with Gasteiger partial charge in [-0.05, 0) is 63.2 Å². The van der Waals surface area contributed by atoms with E-state index in [1.54, 1.807) is 12.4 Å². The topological polar surface area (TPSA) is 78.7 Å². The number of benzene rings is 3. The first-order valence-corrected chi connectivity index (χ1v) is 18.9. The van der Waals surface area contributed by atoms with Crippen molar-refractivity contribution in [1.82, 2.24) is 19.9 Å². The molecule has 0 radical (unpaired) electrons. The van der Waals surface area contributed by atoms with E-state index in [4.69, 9.17) is 4.99 Å². The first-order valence-electron chi connectivity index (χ1n) is 18.9. The molecule has 0 saturated carbocycles. The number of fused-ring (bicyclic) bond motifs is 1. The maximum atomic E-state index is 4.88. The van der Waals surface area contributed by atoms with E-state index in [0.29, 0.717) is 46.3 Å². The van der Waals surface area contributed by atoms with Crippen molar-refractivity contribution in [3.63, 3.8) is 0 Å². The average molecular weight is 775 g/mol. The number of rotatable bonds is 8. The molecule has 7 heteroatoms. The van der Waals surface area contributed by atoms with Crippen molar-refractivity contribution >= 4 is 22.4 Å². The number of hydrogen-bond acceptors (Lipinski definition) is 4. The van der Waals surface area contributed by atoms with E-state index in [1.165, 1.54) is 33.4 Å². The second kappa shape index (κ2) is 18.9. The molecule has 0 spiro atoms. The van der Waals surface area contributed by atoms with Gasteiger partial charge in [0.15, 0.2) is 0 Å². The Bertz CT molecular complexity index is 2410. The third-order valence-electron chi connectivity index (χ3n) is 9.49. The van der Waals surface area contributed by atoms with Crippen molar-refractivity contribution < 1.29 is 19.5 Å². The predicted molar refractivity (Wildman–Crippen MR) is 222 cm³/mol. The molecule has 3 aromatic carbocycles. The van der Waals surface area contributed by atoms with Crippen LogP contribution in [0, 0.1) is 6.07 Å². The number of nitrogens with zero attached hydrogens (tertiary/aromatic N) is 6. The van der Waals surface area contributed by atoms with E-state index in [9.17, 15) is 0 Å². The Morgan fingerprint density at radius 1 is 0.527 bits per heavy atom. The predicted octanol–water partition coefficient (Wildman–Crippen LogP) is 11.3. The minimum absolute atomic E-state index is 0. The molecular weight excluding hydrogens is 726 g/mol. The van der Waals surface area contributed by atoms with Crippen LogP contribution in [0.3, 0.4) is 0 Å². The van der Waals surface area contributed by atoms with E-state index in [2.05, 4.69) is 147 Å². The summed E-state index contributed by atoms with van der Waals surface area (Å²) in [7, 11) is 0. The zero-order chi connectivity index (χ0) is 38.2. The van der Waals surface area contributed by atoms with Gasteiger partial charge in [0.25, 0.3) is 0 Å². The van der Waals surface area contributed by atoms with Gasteiger partial charge in [-0.1, -0.05) is 163 Å². The SMILES string of the molecule is CC(C)c1c[c-]cc(C(C)C)c1-c1ccnc(N=c2cc(-c3c(C(C)C)cccc3C(C)C)cc[n-]2)c1.[Zn+2].c1ccc(=Nc2nccc3ccccc23)[n-]c1. The van der Waals surface area contributed by atoms with Crippen LogP contribution in [0.5, 0.6) is 0 Å². The molecule has 0 aliphatic rings. The standard InChI is InChI=1S/C34H39N3.C14H10N3.Zn/c1-21(2)27-11-9-12-28(22(3)4)33(27)25-15-17-35-31(19-25)37-32-20-26(16-18-36-32)34-29(23(5)6)13-10-14-30(34)24(7)8;1-2-6-12-11(5-1)8-10-16-14(12)17-13-7-3-4-9-15-13;/h9,11-24H,1-8H3;1-10H;/q-2;-1;+2. The molecule has 274 valence electrons. The molecular formula is C48H49N6Zn-. The Labute approximate surface area is 338 Å². The van der Waals surface area contributed by atoms with Crippen LogP contribution in [-0.2, 0) is 19.5 Å². The van der Waals surface area contributed by atoms with Crippen LogP contribution in [0.2, 0.25) is 0 Å². The fourth-order valence-electron chi connectivity index (χ4n) is 6.77. The molecule has 0 unspecified atom stereocenters. The summed E-state index contributed by atoms with van der Waals surface area (Å²) in [4.78, 5) is 27.0. The summed E-state index contributed by atoms with van der Waals surface area (Å²) >= 11 is 0. The minimum atomic E-state index is 0. The van der Waals surface area contributed by atoms with Crippen molar-refractivity contribution in [2.45, 2.75) is 79.1 Å². The second-order valence-electron chi connectivity index (χ2n) is 14.7. The normalized spacial score (nSPS) is 12.0. The van der Waals surface area contributed by atoms with Crippen LogP contribution in [0.4, 0.5) is 11.6 Å². The smallest absolute Gasteiger partial charge is 0.443 e. The summed E-state index contributed by atoms with van der Waals surface area (Å²) in [6.07, 6.45) is 7.21. The molecule has 0 fully saturated rings. The molecule has 0 aliphatic carbocycles. The maximum Gasteiger partial charge on any atom is 2.00 e. The van der Waals surface area contributed by atoms with Gasteiger partial charge in [0.05, 0.1) is 11.6 Å². The Kier molecular flexibility index (Phi) is 14.0. The number of hydrogen-bond donors (Lipinski definition) is 0.